The summed E-state index contributed by atoms with van der Waals surface area (Å²) in [5.74, 6) is -2.12. The zero-order valence-electron chi connectivity index (χ0n) is 10.4. The van der Waals surface area contributed by atoms with Crippen LogP contribution in [0.15, 0.2) is 47.4 Å². The fraction of sp³-hybridized carbons (Fsp3) is 0. The van der Waals surface area contributed by atoms with Crippen molar-refractivity contribution in [2.24, 2.45) is 0 Å². The third-order valence-electron chi connectivity index (χ3n) is 2.58. The van der Waals surface area contributed by atoms with E-state index in [0.717, 1.165) is 24.3 Å². The summed E-state index contributed by atoms with van der Waals surface area (Å²) in [6, 6.07) is 8.42. The molecule has 21 heavy (non-hydrogen) atoms. The van der Waals surface area contributed by atoms with Gasteiger partial charge in [-0.25, -0.2) is 17.6 Å². The molecule has 0 atom stereocenters. The Kier molecular flexibility index (Phi) is 4.15. The van der Waals surface area contributed by atoms with Gasteiger partial charge in [-0.1, -0.05) is 23.7 Å². The van der Waals surface area contributed by atoms with E-state index in [-0.39, 0.29) is 16.3 Å². The smallest absolute Gasteiger partial charge is 0.337 e. The normalized spacial score (nSPS) is 11.1. The number of carbonyl (C=O) groups is 1. The fourth-order valence-corrected chi connectivity index (χ4v) is 3.02. The molecule has 2 rings (SSSR count). The highest BCUT2D eigenvalue weighted by Crippen LogP contribution is 2.24. The van der Waals surface area contributed by atoms with E-state index in [4.69, 9.17) is 16.7 Å². The van der Waals surface area contributed by atoms with Gasteiger partial charge in [0.15, 0.2) is 0 Å². The number of hydrogen-bond donors (Lipinski definition) is 2. The number of nitrogens with one attached hydrogen (secondary N) is 1. The molecule has 0 aliphatic carbocycles. The summed E-state index contributed by atoms with van der Waals surface area (Å²) in [7, 11) is -4.12. The minimum absolute atomic E-state index is 0.0354. The van der Waals surface area contributed by atoms with Gasteiger partial charge >= 0.3 is 5.97 Å². The minimum atomic E-state index is -4.12. The first-order valence-corrected chi connectivity index (χ1v) is 7.47. The second kappa shape index (κ2) is 5.71. The number of benzene rings is 2. The summed E-state index contributed by atoms with van der Waals surface area (Å²) in [6.45, 7) is 0. The van der Waals surface area contributed by atoms with E-state index in [0.29, 0.717) is 0 Å². The molecule has 0 unspecified atom stereocenters. The Labute approximate surface area is 125 Å². The molecule has 5 nitrogen and oxygen atoms in total. The number of anilines is 1. The molecular formula is C13H9ClFNO4S. The topological polar surface area (TPSA) is 83.5 Å². The summed E-state index contributed by atoms with van der Waals surface area (Å²) in [6.07, 6.45) is 0. The molecule has 0 saturated carbocycles. The lowest BCUT2D eigenvalue weighted by Crippen LogP contribution is -2.14. The number of carboxylic acid groups (broad SMARTS) is 1. The Morgan fingerprint density at radius 3 is 2.43 bits per heavy atom. The lowest BCUT2D eigenvalue weighted by atomic mass is 10.2. The molecule has 0 fully saturated rings. The van der Waals surface area contributed by atoms with Gasteiger partial charge in [0, 0.05) is 0 Å². The zero-order chi connectivity index (χ0) is 15.6. The largest absolute Gasteiger partial charge is 0.478 e. The van der Waals surface area contributed by atoms with Crippen molar-refractivity contribution in [2.45, 2.75) is 4.90 Å². The number of rotatable bonds is 4. The van der Waals surface area contributed by atoms with E-state index >= 15 is 0 Å². The van der Waals surface area contributed by atoms with Gasteiger partial charge in [-0.05, 0) is 30.3 Å². The zero-order valence-corrected chi connectivity index (χ0v) is 12.0. The number of halogens is 2. The van der Waals surface area contributed by atoms with Crippen LogP contribution in [0, 0.1) is 5.82 Å². The van der Waals surface area contributed by atoms with Crippen LogP contribution in [-0.4, -0.2) is 19.5 Å². The van der Waals surface area contributed by atoms with Crippen LogP contribution in [0.1, 0.15) is 10.4 Å². The molecule has 0 saturated heterocycles. The molecule has 2 aromatic carbocycles. The molecule has 0 spiro atoms. The van der Waals surface area contributed by atoms with E-state index in [2.05, 4.69) is 4.72 Å². The summed E-state index contributed by atoms with van der Waals surface area (Å²) in [5.41, 5.74) is -0.126. The lowest BCUT2D eigenvalue weighted by Gasteiger charge is -2.09. The number of hydrogen-bond acceptors (Lipinski definition) is 3. The minimum Gasteiger partial charge on any atom is -0.478 e. The quantitative estimate of drug-likeness (QED) is 0.903. The van der Waals surface area contributed by atoms with E-state index in [9.17, 15) is 17.6 Å². The Hall–Kier alpha value is -2.12. The number of carboxylic acids is 1. The van der Waals surface area contributed by atoms with Crippen LogP contribution in [0.4, 0.5) is 10.1 Å². The highest BCUT2D eigenvalue weighted by Gasteiger charge is 2.19. The maximum Gasteiger partial charge on any atom is 0.337 e. The van der Waals surface area contributed by atoms with Crippen LogP contribution in [0.25, 0.3) is 0 Å². The standard InChI is InChI=1S/C13H9ClFNO4S/c14-10-7-8(5-6-9(10)13(17)18)16-21(19,20)12-4-2-1-3-11(12)15/h1-7,16H,(H,17,18). The maximum atomic E-state index is 13.5. The molecule has 8 heteroatoms. The predicted octanol–water partition coefficient (Wildman–Crippen LogP) is 2.98. The molecule has 0 aromatic heterocycles. The Bertz CT molecular complexity index is 808. The Morgan fingerprint density at radius 1 is 1.19 bits per heavy atom. The molecule has 0 amide bonds. The summed E-state index contributed by atoms with van der Waals surface area (Å²) >= 11 is 5.74. The second-order valence-corrected chi connectivity index (χ2v) is 6.09. The van der Waals surface area contributed by atoms with Gasteiger partial charge in [0.2, 0.25) is 0 Å². The summed E-state index contributed by atoms with van der Waals surface area (Å²) in [4.78, 5) is 10.3. The van der Waals surface area contributed by atoms with E-state index in [1.54, 1.807) is 0 Å². The van der Waals surface area contributed by atoms with Crippen molar-refractivity contribution in [1.82, 2.24) is 0 Å². The molecule has 0 heterocycles. The maximum absolute atomic E-state index is 13.5. The van der Waals surface area contributed by atoms with E-state index in [1.165, 1.54) is 18.2 Å². The predicted molar refractivity (Wildman–Crippen MR) is 75.6 cm³/mol. The average Bonchev–Trinajstić information content (AvgIpc) is 2.38. The van der Waals surface area contributed by atoms with Gasteiger partial charge in [0.05, 0.1) is 16.3 Å². The molecule has 0 aliphatic rings. The summed E-state index contributed by atoms with van der Waals surface area (Å²) in [5, 5.41) is 8.70. The van der Waals surface area contributed by atoms with Gasteiger partial charge in [0.1, 0.15) is 10.7 Å². The van der Waals surface area contributed by atoms with Crippen molar-refractivity contribution < 1.29 is 22.7 Å². The molecule has 110 valence electrons. The average molecular weight is 330 g/mol. The van der Waals surface area contributed by atoms with Crippen molar-refractivity contribution in [2.75, 3.05) is 4.72 Å². The lowest BCUT2D eigenvalue weighted by molar-refractivity contribution is 0.0697. The highest BCUT2D eigenvalue weighted by atomic mass is 35.5. The van der Waals surface area contributed by atoms with Crippen LogP contribution in [0.2, 0.25) is 5.02 Å². The fourth-order valence-electron chi connectivity index (χ4n) is 1.62. The van der Waals surface area contributed by atoms with Gasteiger partial charge in [-0.15, -0.1) is 0 Å². The van der Waals surface area contributed by atoms with Gasteiger partial charge in [-0.3, -0.25) is 4.72 Å². The molecule has 2 N–H and O–H groups in total. The number of aromatic carboxylic acids is 1. The van der Waals surface area contributed by atoms with Crippen molar-refractivity contribution in [3.05, 3.63) is 58.9 Å². The van der Waals surface area contributed by atoms with Crippen LogP contribution >= 0.6 is 11.6 Å². The molecule has 0 radical (unpaired) electrons. The van der Waals surface area contributed by atoms with Crippen molar-refractivity contribution in [3.63, 3.8) is 0 Å². The van der Waals surface area contributed by atoms with E-state index in [1.807, 2.05) is 0 Å². The molecular weight excluding hydrogens is 321 g/mol. The third-order valence-corrected chi connectivity index (χ3v) is 4.31. The van der Waals surface area contributed by atoms with Crippen LogP contribution in [-0.2, 0) is 10.0 Å². The van der Waals surface area contributed by atoms with Gasteiger partial charge in [0.25, 0.3) is 10.0 Å². The van der Waals surface area contributed by atoms with Crippen LogP contribution in [0.5, 0.6) is 0 Å². The highest BCUT2D eigenvalue weighted by molar-refractivity contribution is 7.92. The third kappa shape index (κ3) is 3.32. The summed E-state index contributed by atoms with van der Waals surface area (Å²) < 4.78 is 39.7. The van der Waals surface area contributed by atoms with Crippen molar-refractivity contribution in [1.29, 1.82) is 0 Å². The van der Waals surface area contributed by atoms with E-state index < -0.39 is 26.7 Å². The van der Waals surface area contributed by atoms with Gasteiger partial charge in [-0.2, -0.15) is 0 Å². The first-order valence-electron chi connectivity index (χ1n) is 5.61. The first-order chi connectivity index (χ1) is 9.81. The van der Waals surface area contributed by atoms with Crippen molar-refractivity contribution in [3.8, 4) is 0 Å². The monoisotopic (exact) mass is 329 g/mol. The van der Waals surface area contributed by atoms with Crippen molar-refractivity contribution >= 4 is 33.3 Å². The van der Waals surface area contributed by atoms with Crippen LogP contribution < -0.4 is 4.72 Å². The SMILES string of the molecule is O=C(O)c1ccc(NS(=O)(=O)c2ccccc2F)cc1Cl. The number of sulfonamides is 1. The van der Waals surface area contributed by atoms with Gasteiger partial charge < -0.3 is 5.11 Å². The Balaban J connectivity index is 2.36. The first kappa shape index (κ1) is 15.3. The molecule has 0 bridgehead atoms. The Morgan fingerprint density at radius 2 is 1.86 bits per heavy atom. The second-order valence-electron chi connectivity index (χ2n) is 4.04. The van der Waals surface area contributed by atoms with Crippen LogP contribution in [0.3, 0.4) is 0 Å². The molecule has 0 aliphatic heterocycles. The molecule has 2 aromatic rings.